The van der Waals surface area contributed by atoms with E-state index in [1.165, 1.54) is 6.07 Å². The molecule has 2 heterocycles. The number of nitrogens with zero attached hydrogens (tertiary/aromatic N) is 1. The maximum Gasteiger partial charge on any atom is 0.248 e. The molecule has 0 aliphatic rings. The first-order valence-corrected chi connectivity index (χ1v) is 4.97. The molecule has 0 aliphatic heterocycles. The smallest absolute Gasteiger partial charge is 0.248 e. The molecule has 0 atom stereocenters. The van der Waals surface area contributed by atoms with E-state index in [4.69, 9.17) is 0 Å². The molecule has 0 unspecified atom stereocenters. The number of rotatable bonds is 0. The fourth-order valence-electron chi connectivity index (χ4n) is 1.45. The molecule has 0 aromatic carbocycles. The van der Waals surface area contributed by atoms with E-state index in [9.17, 15) is 4.79 Å². The first-order chi connectivity index (χ1) is 6.97. The quantitative estimate of drug-likeness (QED) is 0.712. The number of pyridine rings is 2. The van der Waals surface area contributed by atoms with Crippen LogP contribution in [0.2, 0.25) is 0 Å². The van der Waals surface area contributed by atoms with Crippen LogP contribution in [-0.4, -0.2) is 9.97 Å². The van der Waals surface area contributed by atoms with E-state index < -0.39 is 0 Å². The average Bonchev–Trinajstić information content (AvgIpc) is 2.15. The summed E-state index contributed by atoms with van der Waals surface area (Å²) in [7, 11) is 0. The van der Waals surface area contributed by atoms with Crippen LogP contribution in [0.5, 0.6) is 0 Å². The van der Waals surface area contributed by atoms with Gasteiger partial charge >= 0.3 is 0 Å². The molecule has 15 heavy (non-hydrogen) atoms. The Balaban J connectivity index is 2.67. The molecule has 0 aliphatic carbocycles. The largest absolute Gasteiger partial charge is 0.321 e. The van der Waals surface area contributed by atoms with Crippen LogP contribution in [0.25, 0.3) is 11.0 Å². The van der Waals surface area contributed by atoms with Gasteiger partial charge in [-0.2, -0.15) is 0 Å². The number of hydrogen-bond acceptors (Lipinski definition) is 2. The topological polar surface area (TPSA) is 45.8 Å². The van der Waals surface area contributed by atoms with Crippen molar-refractivity contribution in [2.75, 3.05) is 0 Å². The van der Waals surface area contributed by atoms with E-state index in [1.54, 1.807) is 6.07 Å². The maximum absolute atomic E-state index is 11.1. The van der Waals surface area contributed by atoms with Crippen molar-refractivity contribution in [1.82, 2.24) is 9.97 Å². The van der Waals surface area contributed by atoms with Crippen LogP contribution in [0.1, 0.15) is 26.5 Å². The van der Waals surface area contributed by atoms with Crippen molar-refractivity contribution in [2.45, 2.75) is 26.2 Å². The maximum atomic E-state index is 11.1. The van der Waals surface area contributed by atoms with E-state index in [1.807, 2.05) is 12.1 Å². The zero-order chi connectivity index (χ0) is 11.1. The van der Waals surface area contributed by atoms with Gasteiger partial charge in [-0.15, -0.1) is 0 Å². The fourth-order valence-corrected chi connectivity index (χ4v) is 1.45. The van der Waals surface area contributed by atoms with Crippen LogP contribution in [-0.2, 0) is 5.41 Å². The Hall–Kier alpha value is -1.64. The lowest BCUT2D eigenvalue weighted by atomic mass is 9.91. The molecule has 2 aromatic heterocycles. The minimum Gasteiger partial charge on any atom is -0.321 e. The van der Waals surface area contributed by atoms with Gasteiger partial charge in [0.2, 0.25) is 5.56 Å². The summed E-state index contributed by atoms with van der Waals surface area (Å²) in [6.45, 7) is 6.35. The SMILES string of the molecule is CC(C)(C)c1ccc2[nH]c(=O)ccc2n1. The minimum atomic E-state index is -0.0900. The average molecular weight is 202 g/mol. The van der Waals surface area contributed by atoms with Gasteiger partial charge in [-0.1, -0.05) is 20.8 Å². The van der Waals surface area contributed by atoms with Gasteiger partial charge in [-0.05, 0) is 18.2 Å². The summed E-state index contributed by atoms with van der Waals surface area (Å²) in [5.74, 6) is 0. The predicted octanol–water partition coefficient (Wildman–Crippen LogP) is 2.22. The standard InChI is InChI=1S/C12H14N2O/c1-12(2,3)10-6-4-9-8(13-10)5-7-11(15)14-9/h4-7H,1-3H3,(H,14,15). The molecule has 0 fully saturated rings. The number of nitrogens with one attached hydrogen (secondary N) is 1. The Kier molecular flexibility index (Phi) is 2.11. The molecule has 0 bridgehead atoms. The van der Waals surface area contributed by atoms with Gasteiger partial charge in [0, 0.05) is 17.2 Å². The van der Waals surface area contributed by atoms with Crippen molar-refractivity contribution < 1.29 is 0 Å². The van der Waals surface area contributed by atoms with Crippen LogP contribution in [0.3, 0.4) is 0 Å². The third-order valence-electron chi connectivity index (χ3n) is 2.34. The molecule has 0 amide bonds. The zero-order valence-electron chi connectivity index (χ0n) is 9.16. The number of aromatic nitrogens is 2. The van der Waals surface area contributed by atoms with Crippen LogP contribution in [0, 0.1) is 0 Å². The lowest BCUT2D eigenvalue weighted by molar-refractivity contribution is 0.571. The van der Waals surface area contributed by atoms with Gasteiger partial charge in [0.05, 0.1) is 11.0 Å². The highest BCUT2D eigenvalue weighted by molar-refractivity contribution is 5.73. The Labute approximate surface area is 88.2 Å². The van der Waals surface area contributed by atoms with E-state index >= 15 is 0 Å². The third kappa shape index (κ3) is 1.91. The Morgan fingerprint density at radius 3 is 2.53 bits per heavy atom. The second kappa shape index (κ2) is 3.19. The van der Waals surface area contributed by atoms with Crippen molar-refractivity contribution in [3.05, 3.63) is 40.3 Å². The molecule has 0 saturated carbocycles. The van der Waals surface area contributed by atoms with E-state index in [0.29, 0.717) is 0 Å². The van der Waals surface area contributed by atoms with Gasteiger partial charge in [0.1, 0.15) is 0 Å². The minimum absolute atomic E-state index is 0.0321. The Morgan fingerprint density at radius 2 is 1.87 bits per heavy atom. The van der Waals surface area contributed by atoms with E-state index in [0.717, 1.165) is 16.7 Å². The molecule has 2 rings (SSSR count). The molecular formula is C12H14N2O. The van der Waals surface area contributed by atoms with Gasteiger partial charge in [0.15, 0.2) is 0 Å². The zero-order valence-corrected chi connectivity index (χ0v) is 9.16. The molecule has 3 heteroatoms. The number of H-pyrrole nitrogens is 1. The second-order valence-corrected chi connectivity index (χ2v) is 4.70. The van der Waals surface area contributed by atoms with E-state index in [2.05, 4.69) is 30.7 Å². The second-order valence-electron chi connectivity index (χ2n) is 4.70. The van der Waals surface area contributed by atoms with Gasteiger partial charge in [0.25, 0.3) is 0 Å². The van der Waals surface area contributed by atoms with Crippen molar-refractivity contribution in [2.24, 2.45) is 0 Å². The number of fused-ring (bicyclic) bond motifs is 1. The van der Waals surface area contributed by atoms with Crippen molar-refractivity contribution in [3.63, 3.8) is 0 Å². The van der Waals surface area contributed by atoms with Crippen molar-refractivity contribution >= 4 is 11.0 Å². The third-order valence-corrected chi connectivity index (χ3v) is 2.34. The summed E-state index contributed by atoms with van der Waals surface area (Å²) in [5.41, 5.74) is 2.59. The lowest BCUT2D eigenvalue weighted by Gasteiger charge is -2.17. The molecule has 0 radical (unpaired) electrons. The van der Waals surface area contributed by atoms with Crippen LogP contribution < -0.4 is 5.56 Å². The molecule has 78 valence electrons. The molecule has 1 N–H and O–H groups in total. The lowest BCUT2D eigenvalue weighted by Crippen LogP contribution is -2.14. The molecule has 2 aromatic rings. The van der Waals surface area contributed by atoms with Gasteiger partial charge in [-0.3, -0.25) is 9.78 Å². The number of aromatic amines is 1. The summed E-state index contributed by atoms with van der Waals surface area (Å²) in [6, 6.07) is 7.12. The van der Waals surface area contributed by atoms with Gasteiger partial charge < -0.3 is 4.98 Å². The monoisotopic (exact) mass is 202 g/mol. The Morgan fingerprint density at radius 1 is 1.13 bits per heavy atom. The summed E-state index contributed by atoms with van der Waals surface area (Å²) in [6.07, 6.45) is 0. The molecular weight excluding hydrogens is 188 g/mol. The van der Waals surface area contributed by atoms with Crippen molar-refractivity contribution in [3.8, 4) is 0 Å². The highest BCUT2D eigenvalue weighted by Gasteiger charge is 2.15. The molecule has 0 spiro atoms. The number of hydrogen-bond donors (Lipinski definition) is 1. The van der Waals surface area contributed by atoms with Crippen molar-refractivity contribution in [1.29, 1.82) is 0 Å². The van der Waals surface area contributed by atoms with Gasteiger partial charge in [-0.25, -0.2) is 0 Å². The Bertz CT molecular complexity index is 549. The van der Waals surface area contributed by atoms with Crippen LogP contribution in [0.15, 0.2) is 29.1 Å². The summed E-state index contributed by atoms with van der Waals surface area (Å²) in [4.78, 5) is 18.3. The summed E-state index contributed by atoms with van der Waals surface area (Å²) in [5, 5.41) is 0. The predicted molar refractivity (Wildman–Crippen MR) is 61.1 cm³/mol. The fraction of sp³-hybridized carbons (Fsp3) is 0.333. The van der Waals surface area contributed by atoms with E-state index in [-0.39, 0.29) is 11.0 Å². The first kappa shape index (κ1) is 9.90. The normalized spacial score (nSPS) is 11.9. The highest BCUT2D eigenvalue weighted by Crippen LogP contribution is 2.21. The van der Waals surface area contributed by atoms with Crippen LogP contribution >= 0.6 is 0 Å². The first-order valence-electron chi connectivity index (χ1n) is 4.97. The van der Waals surface area contributed by atoms with Crippen LogP contribution in [0.4, 0.5) is 0 Å². The highest BCUT2D eigenvalue weighted by atomic mass is 16.1. The summed E-state index contributed by atoms with van der Waals surface area (Å²) < 4.78 is 0. The molecule has 3 nitrogen and oxygen atoms in total. The summed E-state index contributed by atoms with van der Waals surface area (Å²) >= 11 is 0. The molecule has 0 saturated heterocycles.